The zero-order valence-corrected chi connectivity index (χ0v) is 12.9. The maximum atomic E-state index is 12.6. The van der Waals surface area contributed by atoms with Gasteiger partial charge in [-0.25, -0.2) is 4.79 Å². The Morgan fingerprint density at radius 1 is 1.29 bits per heavy atom. The van der Waals surface area contributed by atoms with Crippen LogP contribution < -0.4 is 5.32 Å². The minimum Gasteiger partial charge on any atom is -0.478 e. The second kappa shape index (κ2) is 5.88. The van der Waals surface area contributed by atoms with Crippen LogP contribution in [0.1, 0.15) is 55.5 Å². The average molecular weight is 289 g/mol. The lowest BCUT2D eigenvalue weighted by molar-refractivity contribution is -0.124. The lowest BCUT2D eigenvalue weighted by Crippen LogP contribution is -2.37. The van der Waals surface area contributed by atoms with E-state index >= 15 is 0 Å². The molecule has 21 heavy (non-hydrogen) atoms. The SMILES string of the molecule is Cc1ccc(C(=O)O)cc1NC(=O)C1CCCCC1(C)C. The van der Waals surface area contributed by atoms with Crippen molar-refractivity contribution in [3.05, 3.63) is 29.3 Å². The quantitative estimate of drug-likeness (QED) is 0.888. The maximum absolute atomic E-state index is 12.6. The molecule has 1 atom stereocenters. The molecule has 1 unspecified atom stereocenters. The fraction of sp³-hybridized carbons (Fsp3) is 0.529. The number of rotatable bonds is 3. The summed E-state index contributed by atoms with van der Waals surface area (Å²) >= 11 is 0. The van der Waals surface area contributed by atoms with Crippen LogP contribution >= 0.6 is 0 Å². The third-order valence-electron chi connectivity index (χ3n) is 4.57. The van der Waals surface area contributed by atoms with Crippen molar-refractivity contribution in [2.75, 3.05) is 5.32 Å². The molecule has 0 spiro atoms. The van der Waals surface area contributed by atoms with E-state index in [9.17, 15) is 9.59 Å². The summed E-state index contributed by atoms with van der Waals surface area (Å²) in [6.45, 7) is 6.14. The molecule has 2 rings (SSSR count). The van der Waals surface area contributed by atoms with E-state index < -0.39 is 5.97 Å². The van der Waals surface area contributed by atoms with Gasteiger partial charge in [0.25, 0.3) is 0 Å². The number of anilines is 1. The van der Waals surface area contributed by atoms with Crippen molar-refractivity contribution in [3.8, 4) is 0 Å². The second-order valence-electron chi connectivity index (χ2n) is 6.61. The van der Waals surface area contributed by atoms with Crippen LogP contribution in [-0.2, 0) is 4.79 Å². The van der Waals surface area contributed by atoms with Gasteiger partial charge in [-0.1, -0.05) is 32.8 Å². The van der Waals surface area contributed by atoms with Crippen LogP contribution in [0.5, 0.6) is 0 Å². The summed E-state index contributed by atoms with van der Waals surface area (Å²) in [5, 5.41) is 12.0. The van der Waals surface area contributed by atoms with Crippen molar-refractivity contribution in [2.24, 2.45) is 11.3 Å². The minimum absolute atomic E-state index is 0.000641. The van der Waals surface area contributed by atoms with Gasteiger partial charge in [0.1, 0.15) is 0 Å². The topological polar surface area (TPSA) is 66.4 Å². The predicted molar refractivity (Wildman–Crippen MR) is 82.5 cm³/mol. The molecule has 114 valence electrons. The zero-order chi connectivity index (χ0) is 15.6. The highest BCUT2D eigenvalue weighted by molar-refractivity contribution is 5.96. The van der Waals surface area contributed by atoms with E-state index in [1.165, 1.54) is 12.5 Å². The van der Waals surface area contributed by atoms with Gasteiger partial charge < -0.3 is 10.4 Å². The highest BCUT2D eigenvalue weighted by Gasteiger charge is 2.37. The molecular formula is C17H23NO3. The highest BCUT2D eigenvalue weighted by atomic mass is 16.4. The fourth-order valence-electron chi connectivity index (χ4n) is 3.09. The Balaban J connectivity index is 2.19. The zero-order valence-electron chi connectivity index (χ0n) is 12.9. The number of carbonyl (C=O) groups is 2. The molecule has 1 aromatic carbocycles. The van der Waals surface area contributed by atoms with Crippen molar-refractivity contribution in [1.82, 2.24) is 0 Å². The smallest absolute Gasteiger partial charge is 0.335 e. The van der Waals surface area contributed by atoms with E-state index in [1.807, 2.05) is 6.92 Å². The van der Waals surface area contributed by atoms with E-state index in [0.717, 1.165) is 24.8 Å². The van der Waals surface area contributed by atoms with E-state index in [4.69, 9.17) is 5.11 Å². The standard InChI is InChI=1S/C17H23NO3/c1-11-7-8-12(16(20)21)10-14(11)18-15(19)13-6-4-5-9-17(13,2)3/h7-8,10,13H,4-6,9H2,1-3H3,(H,18,19)(H,20,21). The van der Waals surface area contributed by atoms with Gasteiger partial charge in [0.15, 0.2) is 0 Å². The minimum atomic E-state index is -0.983. The second-order valence-corrected chi connectivity index (χ2v) is 6.61. The molecule has 0 aliphatic heterocycles. The number of hydrogen-bond acceptors (Lipinski definition) is 2. The summed E-state index contributed by atoms with van der Waals surface area (Å²) in [5.41, 5.74) is 1.67. The van der Waals surface area contributed by atoms with Crippen LogP contribution in [-0.4, -0.2) is 17.0 Å². The molecule has 1 aliphatic carbocycles. The number of hydrogen-bond donors (Lipinski definition) is 2. The van der Waals surface area contributed by atoms with Gasteiger partial charge in [0.05, 0.1) is 5.56 Å². The van der Waals surface area contributed by atoms with Gasteiger partial charge in [-0.05, 0) is 42.9 Å². The molecule has 1 aromatic rings. The fourth-order valence-corrected chi connectivity index (χ4v) is 3.09. The van der Waals surface area contributed by atoms with Gasteiger partial charge >= 0.3 is 5.97 Å². The molecule has 0 radical (unpaired) electrons. The summed E-state index contributed by atoms with van der Waals surface area (Å²) in [6, 6.07) is 4.81. The number of nitrogens with one attached hydrogen (secondary N) is 1. The number of carboxylic acid groups (broad SMARTS) is 1. The number of amides is 1. The number of aryl methyl sites for hydroxylation is 1. The first-order chi connectivity index (χ1) is 9.81. The van der Waals surface area contributed by atoms with Crippen molar-refractivity contribution in [2.45, 2.75) is 46.5 Å². The molecule has 2 N–H and O–H groups in total. The third-order valence-corrected chi connectivity index (χ3v) is 4.57. The lowest BCUT2D eigenvalue weighted by Gasteiger charge is -2.37. The average Bonchev–Trinajstić information content (AvgIpc) is 2.40. The van der Waals surface area contributed by atoms with Crippen LogP contribution in [0.25, 0.3) is 0 Å². The third kappa shape index (κ3) is 3.43. The van der Waals surface area contributed by atoms with Gasteiger partial charge in [0.2, 0.25) is 5.91 Å². The molecule has 4 heteroatoms. The van der Waals surface area contributed by atoms with Crippen molar-refractivity contribution < 1.29 is 14.7 Å². The Hall–Kier alpha value is -1.84. The number of aromatic carboxylic acids is 1. The number of carbonyl (C=O) groups excluding carboxylic acids is 1. The number of carboxylic acids is 1. The van der Waals surface area contributed by atoms with Crippen LogP contribution in [0.3, 0.4) is 0 Å². The summed E-state index contributed by atoms with van der Waals surface area (Å²) in [6.07, 6.45) is 4.20. The maximum Gasteiger partial charge on any atom is 0.335 e. The Morgan fingerprint density at radius 3 is 2.62 bits per heavy atom. The van der Waals surface area contributed by atoms with Gasteiger partial charge in [-0.2, -0.15) is 0 Å². The van der Waals surface area contributed by atoms with E-state index in [-0.39, 0.29) is 22.8 Å². The monoisotopic (exact) mass is 289 g/mol. The molecule has 4 nitrogen and oxygen atoms in total. The highest BCUT2D eigenvalue weighted by Crippen LogP contribution is 2.41. The Labute approximate surface area is 125 Å². The first-order valence-electron chi connectivity index (χ1n) is 7.46. The molecule has 0 bridgehead atoms. The van der Waals surface area contributed by atoms with Crippen molar-refractivity contribution >= 4 is 17.6 Å². The molecule has 1 amide bonds. The Bertz CT molecular complexity index is 563. The molecule has 1 aliphatic rings. The first-order valence-corrected chi connectivity index (χ1v) is 7.46. The Morgan fingerprint density at radius 2 is 2.00 bits per heavy atom. The first kappa shape index (κ1) is 15.5. The summed E-state index contributed by atoms with van der Waals surface area (Å²) < 4.78 is 0. The molecular weight excluding hydrogens is 266 g/mol. The van der Waals surface area contributed by atoms with E-state index in [1.54, 1.807) is 12.1 Å². The summed E-state index contributed by atoms with van der Waals surface area (Å²) in [4.78, 5) is 23.6. The number of benzene rings is 1. The van der Waals surface area contributed by atoms with Crippen LogP contribution in [0.4, 0.5) is 5.69 Å². The van der Waals surface area contributed by atoms with E-state index in [2.05, 4.69) is 19.2 Å². The Kier molecular flexibility index (Phi) is 4.35. The lowest BCUT2D eigenvalue weighted by atomic mass is 9.68. The van der Waals surface area contributed by atoms with Gasteiger partial charge in [0, 0.05) is 11.6 Å². The van der Waals surface area contributed by atoms with Crippen molar-refractivity contribution in [3.63, 3.8) is 0 Å². The van der Waals surface area contributed by atoms with Crippen LogP contribution in [0.2, 0.25) is 0 Å². The largest absolute Gasteiger partial charge is 0.478 e. The van der Waals surface area contributed by atoms with Gasteiger partial charge in [-0.15, -0.1) is 0 Å². The summed E-state index contributed by atoms with van der Waals surface area (Å²) in [7, 11) is 0. The molecule has 1 fully saturated rings. The molecule has 0 heterocycles. The molecule has 1 saturated carbocycles. The van der Waals surface area contributed by atoms with E-state index in [0.29, 0.717) is 5.69 Å². The predicted octanol–water partition coefficient (Wildman–Crippen LogP) is 3.85. The molecule has 0 aromatic heterocycles. The summed E-state index contributed by atoms with van der Waals surface area (Å²) in [5.74, 6) is -0.993. The molecule has 0 saturated heterocycles. The van der Waals surface area contributed by atoms with Gasteiger partial charge in [-0.3, -0.25) is 4.79 Å². The van der Waals surface area contributed by atoms with Crippen LogP contribution in [0.15, 0.2) is 18.2 Å². The van der Waals surface area contributed by atoms with Crippen molar-refractivity contribution in [1.29, 1.82) is 0 Å². The van der Waals surface area contributed by atoms with Crippen LogP contribution in [0, 0.1) is 18.3 Å². The normalized spacial score (nSPS) is 20.8.